The van der Waals surface area contributed by atoms with Crippen molar-refractivity contribution in [2.75, 3.05) is 0 Å². The lowest BCUT2D eigenvalue weighted by molar-refractivity contribution is 0.0775. The second kappa shape index (κ2) is 5.78. The van der Waals surface area contributed by atoms with E-state index in [-0.39, 0.29) is 5.60 Å². The summed E-state index contributed by atoms with van der Waals surface area (Å²) in [5.74, 6) is 0. The maximum atomic E-state index is 5.62. The van der Waals surface area contributed by atoms with Crippen molar-refractivity contribution in [3.63, 3.8) is 0 Å². The molecule has 0 heterocycles. The highest BCUT2D eigenvalue weighted by Crippen LogP contribution is 2.22. The highest BCUT2D eigenvalue weighted by atomic mass is 28.2. The maximum absolute atomic E-state index is 5.62. The van der Waals surface area contributed by atoms with E-state index in [2.05, 4.69) is 20.8 Å². The molecule has 0 radical (unpaired) electrons. The van der Waals surface area contributed by atoms with Gasteiger partial charge < -0.3 is 4.43 Å². The molecule has 0 bridgehead atoms. The largest absolute Gasteiger partial charge is 0.423 e. The summed E-state index contributed by atoms with van der Waals surface area (Å²) < 4.78 is 5.62. The first-order chi connectivity index (χ1) is 5.18. The van der Waals surface area contributed by atoms with Crippen molar-refractivity contribution in [2.45, 2.75) is 58.5 Å². The molecule has 0 saturated heterocycles. The van der Waals surface area contributed by atoms with E-state index in [0.29, 0.717) is 0 Å². The first kappa shape index (κ1) is 11.2. The zero-order chi connectivity index (χ0) is 8.74. The molecule has 0 amide bonds. The Morgan fingerprint density at radius 3 is 2.18 bits per heavy atom. The Morgan fingerprint density at radius 1 is 1.18 bits per heavy atom. The molecule has 0 rings (SSSR count). The Kier molecular flexibility index (Phi) is 5.87. The van der Waals surface area contributed by atoms with E-state index >= 15 is 0 Å². The molecule has 1 unspecified atom stereocenters. The monoisotopic (exact) mass is 174 g/mol. The topological polar surface area (TPSA) is 9.23 Å². The van der Waals surface area contributed by atoms with Crippen molar-refractivity contribution in [2.24, 2.45) is 0 Å². The van der Waals surface area contributed by atoms with Gasteiger partial charge in [-0.05, 0) is 19.8 Å². The molecule has 0 aliphatic carbocycles. The van der Waals surface area contributed by atoms with Gasteiger partial charge in [0.1, 0.15) is 10.5 Å². The zero-order valence-corrected chi connectivity index (χ0v) is 10.4. The summed E-state index contributed by atoms with van der Waals surface area (Å²) in [4.78, 5) is 0. The minimum atomic E-state index is 0.205. The first-order valence-corrected chi connectivity index (χ1v) is 5.55. The van der Waals surface area contributed by atoms with Crippen LogP contribution >= 0.6 is 0 Å². The Hall–Kier alpha value is 0.177. The smallest absolute Gasteiger partial charge is 0.146 e. The average molecular weight is 174 g/mol. The van der Waals surface area contributed by atoms with Crippen molar-refractivity contribution in [1.82, 2.24) is 0 Å². The number of hydrogen-bond donors (Lipinski definition) is 0. The molecule has 1 nitrogen and oxygen atoms in total. The van der Waals surface area contributed by atoms with Gasteiger partial charge in [0.25, 0.3) is 0 Å². The molecule has 0 fully saturated rings. The van der Waals surface area contributed by atoms with Gasteiger partial charge in [-0.25, -0.2) is 0 Å². The molecule has 0 aliphatic rings. The molecule has 0 aromatic carbocycles. The van der Waals surface area contributed by atoms with Gasteiger partial charge >= 0.3 is 0 Å². The van der Waals surface area contributed by atoms with E-state index in [0.717, 1.165) is 10.5 Å². The lowest BCUT2D eigenvalue weighted by Crippen LogP contribution is -2.27. The van der Waals surface area contributed by atoms with E-state index in [9.17, 15) is 0 Å². The van der Waals surface area contributed by atoms with Crippen LogP contribution < -0.4 is 0 Å². The SMILES string of the molecule is CCCCC(C)(CCC)O[SiH3]. The first-order valence-electron chi connectivity index (χ1n) is 4.73. The Morgan fingerprint density at radius 2 is 1.82 bits per heavy atom. The van der Waals surface area contributed by atoms with Crippen LogP contribution in [-0.4, -0.2) is 16.1 Å². The van der Waals surface area contributed by atoms with Crippen LogP contribution in [0, 0.1) is 0 Å². The van der Waals surface area contributed by atoms with Gasteiger partial charge in [-0.2, -0.15) is 0 Å². The highest BCUT2D eigenvalue weighted by Gasteiger charge is 2.20. The van der Waals surface area contributed by atoms with Gasteiger partial charge in [0.2, 0.25) is 0 Å². The maximum Gasteiger partial charge on any atom is 0.146 e. The number of rotatable bonds is 6. The number of unbranched alkanes of at least 4 members (excludes halogenated alkanes) is 1. The Balaban J connectivity index is 3.68. The van der Waals surface area contributed by atoms with Gasteiger partial charge in [0, 0.05) is 0 Å². The lowest BCUT2D eigenvalue weighted by atomic mass is 9.94. The van der Waals surface area contributed by atoms with Crippen molar-refractivity contribution >= 4 is 10.5 Å². The molecule has 1 atom stereocenters. The molecule has 0 N–H and O–H groups in total. The molecule has 0 saturated carbocycles. The van der Waals surface area contributed by atoms with E-state index < -0.39 is 0 Å². The lowest BCUT2D eigenvalue weighted by Gasteiger charge is -2.28. The molecular weight excluding hydrogens is 152 g/mol. The third-order valence-electron chi connectivity index (χ3n) is 2.33. The third kappa shape index (κ3) is 4.59. The molecule has 68 valence electrons. The predicted octanol–water partition coefficient (Wildman–Crippen LogP) is 2.03. The van der Waals surface area contributed by atoms with E-state index in [1.807, 2.05) is 0 Å². The van der Waals surface area contributed by atoms with E-state index in [1.54, 1.807) is 0 Å². The van der Waals surface area contributed by atoms with Gasteiger partial charge in [-0.15, -0.1) is 0 Å². The predicted molar refractivity (Wildman–Crippen MR) is 53.9 cm³/mol. The van der Waals surface area contributed by atoms with Crippen LogP contribution in [0.2, 0.25) is 0 Å². The second-order valence-electron chi connectivity index (χ2n) is 3.51. The number of hydrogen-bond acceptors (Lipinski definition) is 1. The van der Waals surface area contributed by atoms with Gasteiger partial charge in [-0.3, -0.25) is 0 Å². The third-order valence-corrected chi connectivity index (χ3v) is 3.32. The minimum absolute atomic E-state index is 0.205. The Bertz CT molecular complexity index is 95.6. The summed E-state index contributed by atoms with van der Waals surface area (Å²) in [6, 6.07) is 0. The van der Waals surface area contributed by atoms with Crippen molar-refractivity contribution in [3.05, 3.63) is 0 Å². The fraction of sp³-hybridized carbons (Fsp3) is 1.00. The fourth-order valence-electron chi connectivity index (χ4n) is 1.41. The van der Waals surface area contributed by atoms with Gasteiger partial charge in [0.05, 0.1) is 5.60 Å². The average Bonchev–Trinajstić information content (AvgIpc) is 2.02. The normalized spacial score (nSPS) is 16.6. The summed E-state index contributed by atoms with van der Waals surface area (Å²) in [5.41, 5.74) is 0.205. The summed E-state index contributed by atoms with van der Waals surface area (Å²) in [6.07, 6.45) is 6.28. The fourth-order valence-corrected chi connectivity index (χ4v) is 1.82. The summed E-state index contributed by atoms with van der Waals surface area (Å²) in [6.45, 7) is 6.71. The van der Waals surface area contributed by atoms with Crippen molar-refractivity contribution < 1.29 is 4.43 Å². The molecule has 0 aromatic heterocycles. The van der Waals surface area contributed by atoms with Crippen LogP contribution in [0.5, 0.6) is 0 Å². The summed E-state index contributed by atoms with van der Waals surface area (Å²) >= 11 is 0. The van der Waals surface area contributed by atoms with Crippen LogP contribution in [0.4, 0.5) is 0 Å². The molecule has 0 aliphatic heterocycles. The summed E-state index contributed by atoms with van der Waals surface area (Å²) in [5, 5.41) is 0. The van der Waals surface area contributed by atoms with Crippen LogP contribution in [-0.2, 0) is 4.43 Å². The summed E-state index contributed by atoms with van der Waals surface area (Å²) in [7, 11) is 0.878. The molecule has 0 aromatic rings. The standard InChI is InChI=1S/C9H22OSi/c1-4-6-8-9(3,10-11)7-5-2/h4-8H2,1-3,11H3. The Labute approximate surface area is 74.1 Å². The molecule has 0 spiro atoms. The van der Waals surface area contributed by atoms with Crippen LogP contribution in [0.15, 0.2) is 0 Å². The second-order valence-corrected chi connectivity index (χ2v) is 3.92. The minimum Gasteiger partial charge on any atom is -0.423 e. The van der Waals surface area contributed by atoms with Crippen LogP contribution in [0.25, 0.3) is 0 Å². The quantitative estimate of drug-likeness (QED) is 0.560. The van der Waals surface area contributed by atoms with Crippen LogP contribution in [0.3, 0.4) is 0 Å². The molecule has 2 heteroatoms. The van der Waals surface area contributed by atoms with Crippen molar-refractivity contribution in [3.8, 4) is 0 Å². The van der Waals surface area contributed by atoms with Crippen LogP contribution in [0.1, 0.15) is 52.9 Å². The van der Waals surface area contributed by atoms with E-state index in [4.69, 9.17) is 4.43 Å². The molecule has 11 heavy (non-hydrogen) atoms. The van der Waals surface area contributed by atoms with Gasteiger partial charge in [-0.1, -0.05) is 33.1 Å². The highest BCUT2D eigenvalue weighted by molar-refractivity contribution is 5.98. The van der Waals surface area contributed by atoms with Gasteiger partial charge in [0.15, 0.2) is 0 Å². The zero-order valence-electron chi connectivity index (χ0n) is 8.44. The van der Waals surface area contributed by atoms with E-state index in [1.165, 1.54) is 32.1 Å². The van der Waals surface area contributed by atoms with Crippen molar-refractivity contribution in [1.29, 1.82) is 0 Å². The molecular formula is C9H22OSi.